The van der Waals surface area contributed by atoms with E-state index in [0.29, 0.717) is 0 Å². The predicted octanol–water partition coefficient (Wildman–Crippen LogP) is 4.08. The second-order valence-electron chi connectivity index (χ2n) is 3.76. The van der Waals surface area contributed by atoms with Crippen LogP contribution in [0.3, 0.4) is 0 Å². The summed E-state index contributed by atoms with van der Waals surface area (Å²) >= 11 is 3.48. The van der Waals surface area contributed by atoms with Crippen molar-refractivity contribution in [1.82, 2.24) is 0 Å². The lowest BCUT2D eigenvalue weighted by atomic mass is 10.2. The van der Waals surface area contributed by atoms with Crippen molar-refractivity contribution in [2.75, 3.05) is 11.1 Å². The lowest BCUT2D eigenvalue weighted by Crippen LogP contribution is -1.91. The number of nitrogen functional groups attached to an aromatic ring is 1. The molecule has 0 atom stereocenters. The highest BCUT2D eigenvalue weighted by Crippen LogP contribution is 2.23. The van der Waals surface area contributed by atoms with Gasteiger partial charge in [-0.05, 0) is 55.0 Å². The molecule has 0 unspecified atom stereocenters. The zero-order valence-electron chi connectivity index (χ0n) is 9.00. The number of hydrogen-bond donors (Lipinski definition) is 2. The number of nitrogens with one attached hydrogen (secondary N) is 1. The Morgan fingerprint density at radius 2 is 1.69 bits per heavy atom. The van der Waals surface area contributed by atoms with Crippen LogP contribution in [0.1, 0.15) is 5.56 Å². The molecule has 3 N–H and O–H groups in total. The Kier molecular flexibility index (Phi) is 3.15. The number of hydrogen-bond acceptors (Lipinski definition) is 2. The minimum absolute atomic E-state index is 0.774. The summed E-state index contributed by atoms with van der Waals surface area (Å²) in [4.78, 5) is 0. The van der Waals surface area contributed by atoms with Gasteiger partial charge >= 0.3 is 0 Å². The van der Waals surface area contributed by atoms with Gasteiger partial charge in [-0.25, -0.2) is 0 Å². The Balaban J connectivity index is 2.23. The number of benzene rings is 2. The van der Waals surface area contributed by atoms with E-state index in [1.54, 1.807) is 0 Å². The molecule has 0 bridgehead atoms. The highest BCUT2D eigenvalue weighted by Gasteiger charge is 1.97. The average Bonchev–Trinajstić information content (AvgIpc) is 2.20. The average molecular weight is 277 g/mol. The highest BCUT2D eigenvalue weighted by atomic mass is 79.9. The molecule has 0 spiro atoms. The van der Waals surface area contributed by atoms with Gasteiger partial charge < -0.3 is 11.1 Å². The number of aryl methyl sites for hydroxylation is 1. The summed E-state index contributed by atoms with van der Waals surface area (Å²) < 4.78 is 1.07. The third-order valence-electron chi connectivity index (χ3n) is 2.24. The van der Waals surface area contributed by atoms with Gasteiger partial charge in [-0.1, -0.05) is 15.9 Å². The monoisotopic (exact) mass is 276 g/mol. The fourth-order valence-corrected chi connectivity index (χ4v) is 2.15. The lowest BCUT2D eigenvalue weighted by Gasteiger charge is -2.08. The van der Waals surface area contributed by atoms with E-state index in [0.717, 1.165) is 21.5 Å². The van der Waals surface area contributed by atoms with Gasteiger partial charge in [0, 0.05) is 21.5 Å². The molecule has 0 radical (unpaired) electrons. The van der Waals surface area contributed by atoms with Crippen LogP contribution in [0.5, 0.6) is 0 Å². The summed E-state index contributed by atoms with van der Waals surface area (Å²) in [7, 11) is 0. The maximum atomic E-state index is 5.63. The van der Waals surface area contributed by atoms with E-state index in [1.807, 2.05) is 30.3 Å². The van der Waals surface area contributed by atoms with E-state index < -0.39 is 0 Å². The molecule has 0 amide bonds. The minimum Gasteiger partial charge on any atom is -0.399 e. The smallest absolute Gasteiger partial charge is 0.0398 e. The summed E-state index contributed by atoms with van der Waals surface area (Å²) in [6, 6.07) is 13.9. The first-order chi connectivity index (χ1) is 7.63. The van der Waals surface area contributed by atoms with Gasteiger partial charge in [0.25, 0.3) is 0 Å². The Hall–Kier alpha value is -1.48. The van der Waals surface area contributed by atoms with Crippen LogP contribution in [0.15, 0.2) is 46.9 Å². The van der Waals surface area contributed by atoms with Crippen molar-refractivity contribution in [1.29, 1.82) is 0 Å². The lowest BCUT2D eigenvalue weighted by molar-refractivity contribution is 1.43. The normalized spacial score (nSPS) is 10.1. The van der Waals surface area contributed by atoms with Crippen LogP contribution in [0.4, 0.5) is 17.1 Å². The topological polar surface area (TPSA) is 38.0 Å². The second kappa shape index (κ2) is 4.58. The summed E-state index contributed by atoms with van der Waals surface area (Å²) in [6.45, 7) is 2.07. The van der Waals surface area contributed by atoms with E-state index in [9.17, 15) is 0 Å². The van der Waals surface area contributed by atoms with Crippen LogP contribution in [-0.4, -0.2) is 0 Å². The maximum Gasteiger partial charge on any atom is 0.0398 e. The summed E-state index contributed by atoms with van der Waals surface area (Å²) in [5, 5.41) is 3.33. The maximum absolute atomic E-state index is 5.63. The van der Waals surface area contributed by atoms with Gasteiger partial charge in [0.15, 0.2) is 0 Å². The zero-order valence-corrected chi connectivity index (χ0v) is 10.6. The summed E-state index contributed by atoms with van der Waals surface area (Å²) in [6.07, 6.45) is 0. The minimum atomic E-state index is 0.774. The van der Waals surface area contributed by atoms with E-state index >= 15 is 0 Å². The number of halogens is 1. The van der Waals surface area contributed by atoms with Crippen LogP contribution < -0.4 is 11.1 Å². The molecule has 16 heavy (non-hydrogen) atoms. The predicted molar refractivity (Wildman–Crippen MR) is 73.0 cm³/mol. The van der Waals surface area contributed by atoms with Crippen LogP contribution in [0.2, 0.25) is 0 Å². The zero-order chi connectivity index (χ0) is 11.5. The molecule has 3 heteroatoms. The third-order valence-corrected chi connectivity index (χ3v) is 2.70. The van der Waals surface area contributed by atoms with E-state index in [1.165, 1.54) is 5.56 Å². The number of rotatable bonds is 2. The van der Waals surface area contributed by atoms with Gasteiger partial charge in [0.1, 0.15) is 0 Å². The largest absolute Gasteiger partial charge is 0.399 e. The van der Waals surface area contributed by atoms with Gasteiger partial charge in [-0.3, -0.25) is 0 Å². The van der Waals surface area contributed by atoms with Crippen molar-refractivity contribution in [2.45, 2.75) is 6.92 Å². The van der Waals surface area contributed by atoms with Gasteiger partial charge in [0.2, 0.25) is 0 Å². The standard InChI is InChI=1S/C13H13BrN2/c1-9-6-10(14)8-13(7-9)16-12-4-2-11(15)3-5-12/h2-8,16H,15H2,1H3. The fourth-order valence-electron chi connectivity index (χ4n) is 1.54. The molecule has 2 rings (SSSR count). The first-order valence-corrected chi connectivity index (χ1v) is 5.82. The van der Waals surface area contributed by atoms with Gasteiger partial charge in [0.05, 0.1) is 0 Å². The molecule has 82 valence electrons. The molecule has 0 fully saturated rings. The first kappa shape index (κ1) is 11.0. The summed E-state index contributed by atoms with van der Waals surface area (Å²) in [5.74, 6) is 0. The third kappa shape index (κ3) is 2.76. The van der Waals surface area contributed by atoms with Crippen molar-refractivity contribution in [3.05, 3.63) is 52.5 Å². The van der Waals surface area contributed by atoms with Crippen molar-refractivity contribution < 1.29 is 0 Å². The molecule has 0 aliphatic rings. The molecular weight excluding hydrogens is 264 g/mol. The highest BCUT2D eigenvalue weighted by molar-refractivity contribution is 9.10. The number of nitrogens with two attached hydrogens (primary N) is 1. The molecule has 2 nitrogen and oxygen atoms in total. The first-order valence-electron chi connectivity index (χ1n) is 5.03. The Labute approximate surface area is 104 Å². The van der Waals surface area contributed by atoms with Gasteiger partial charge in [-0.2, -0.15) is 0 Å². The van der Waals surface area contributed by atoms with Crippen molar-refractivity contribution >= 4 is 33.0 Å². The van der Waals surface area contributed by atoms with E-state index in [-0.39, 0.29) is 0 Å². The Morgan fingerprint density at radius 3 is 2.31 bits per heavy atom. The molecule has 0 aromatic heterocycles. The molecule has 0 saturated heterocycles. The SMILES string of the molecule is Cc1cc(Br)cc(Nc2ccc(N)cc2)c1. The molecular formula is C13H13BrN2. The molecule has 2 aromatic rings. The molecule has 0 aliphatic carbocycles. The van der Waals surface area contributed by atoms with Crippen LogP contribution in [-0.2, 0) is 0 Å². The fraction of sp³-hybridized carbons (Fsp3) is 0.0769. The summed E-state index contributed by atoms with van der Waals surface area (Å²) in [5.41, 5.74) is 9.72. The van der Waals surface area contributed by atoms with Gasteiger partial charge in [-0.15, -0.1) is 0 Å². The molecule has 0 aliphatic heterocycles. The van der Waals surface area contributed by atoms with E-state index in [2.05, 4.69) is 40.3 Å². The quantitative estimate of drug-likeness (QED) is 0.811. The molecule has 2 aromatic carbocycles. The molecule has 0 heterocycles. The van der Waals surface area contributed by atoms with E-state index in [4.69, 9.17) is 5.73 Å². The Morgan fingerprint density at radius 1 is 1.00 bits per heavy atom. The van der Waals surface area contributed by atoms with Crippen molar-refractivity contribution in [3.63, 3.8) is 0 Å². The second-order valence-corrected chi connectivity index (χ2v) is 4.68. The molecule has 0 saturated carbocycles. The van der Waals surface area contributed by atoms with Crippen LogP contribution in [0.25, 0.3) is 0 Å². The van der Waals surface area contributed by atoms with Crippen molar-refractivity contribution in [2.24, 2.45) is 0 Å². The van der Waals surface area contributed by atoms with Crippen LogP contribution in [0, 0.1) is 6.92 Å². The number of anilines is 3. The van der Waals surface area contributed by atoms with Crippen LogP contribution >= 0.6 is 15.9 Å². The van der Waals surface area contributed by atoms with Crippen molar-refractivity contribution in [3.8, 4) is 0 Å². The Bertz CT molecular complexity index is 472.